The Labute approximate surface area is 119 Å². The van der Waals surface area contributed by atoms with Crippen LogP contribution in [0.25, 0.3) is 5.52 Å². The summed E-state index contributed by atoms with van der Waals surface area (Å²) >= 11 is 0. The molecule has 5 nitrogen and oxygen atoms in total. The van der Waals surface area contributed by atoms with E-state index in [2.05, 4.69) is 22.7 Å². The Bertz CT molecular complexity index is 564. The van der Waals surface area contributed by atoms with Gasteiger partial charge in [0.25, 0.3) is 0 Å². The number of amides is 1. The molecule has 1 unspecified atom stereocenters. The summed E-state index contributed by atoms with van der Waals surface area (Å²) in [6.45, 7) is 5.48. The van der Waals surface area contributed by atoms with Gasteiger partial charge in [-0.3, -0.25) is 4.79 Å². The van der Waals surface area contributed by atoms with Gasteiger partial charge in [0.2, 0.25) is 5.91 Å². The Balaban J connectivity index is 1.75. The van der Waals surface area contributed by atoms with Crippen LogP contribution in [0.4, 0.5) is 0 Å². The average Bonchev–Trinajstić information content (AvgIpc) is 2.87. The summed E-state index contributed by atoms with van der Waals surface area (Å²) < 4.78 is 1.85. The van der Waals surface area contributed by atoms with Crippen molar-refractivity contribution in [2.24, 2.45) is 0 Å². The summed E-state index contributed by atoms with van der Waals surface area (Å²) in [5, 5.41) is 10.5. The first-order valence-electron chi connectivity index (χ1n) is 7.12. The molecule has 0 aliphatic carbocycles. The van der Waals surface area contributed by atoms with Gasteiger partial charge < -0.3 is 10.6 Å². The van der Waals surface area contributed by atoms with Crippen molar-refractivity contribution in [2.75, 3.05) is 6.54 Å². The lowest BCUT2D eigenvalue weighted by Gasteiger charge is -2.11. The lowest BCUT2D eigenvalue weighted by Crippen LogP contribution is -2.33. The molecule has 108 valence electrons. The van der Waals surface area contributed by atoms with Gasteiger partial charge in [0.15, 0.2) is 0 Å². The summed E-state index contributed by atoms with van der Waals surface area (Å²) in [7, 11) is 0. The van der Waals surface area contributed by atoms with Crippen LogP contribution in [-0.4, -0.2) is 28.1 Å². The lowest BCUT2D eigenvalue weighted by molar-refractivity contribution is -0.121. The number of aromatic nitrogens is 2. The Morgan fingerprint density at radius 3 is 3.10 bits per heavy atom. The summed E-state index contributed by atoms with van der Waals surface area (Å²) in [5.74, 6) is 0.103. The van der Waals surface area contributed by atoms with Crippen LogP contribution in [-0.2, 0) is 11.3 Å². The number of hydrogen-bond acceptors (Lipinski definition) is 3. The molecule has 0 fully saturated rings. The summed E-state index contributed by atoms with van der Waals surface area (Å²) in [6, 6.07) is 6.25. The van der Waals surface area contributed by atoms with E-state index in [9.17, 15) is 4.79 Å². The van der Waals surface area contributed by atoms with Crippen molar-refractivity contribution in [1.82, 2.24) is 20.2 Å². The third kappa shape index (κ3) is 3.81. The normalized spacial score (nSPS) is 12.5. The minimum Gasteiger partial charge on any atom is -0.354 e. The fourth-order valence-corrected chi connectivity index (χ4v) is 2.00. The third-order valence-electron chi connectivity index (χ3n) is 3.37. The van der Waals surface area contributed by atoms with E-state index in [-0.39, 0.29) is 11.9 Å². The first kappa shape index (κ1) is 14.5. The van der Waals surface area contributed by atoms with Gasteiger partial charge in [-0.05, 0) is 25.5 Å². The highest BCUT2D eigenvalue weighted by molar-refractivity contribution is 5.76. The van der Waals surface area contributed by atoms with Crippen molar-refractivity contribution < 1.29 is 4.79 Å². The molecule has 2 N–H and O–H groups in total. The van der Waals surface area contributed by atoms with E-state index in [0.29, 0.717) is 13.0 Å². The van der Waals surface area contributed by atoms with Gasteiger partial charge in [-0.1, -0.05) is 13.0 Å². The van der Waals surface area contributed by atoms with E-state index in [1.54, 1.807) is 0 Å². The predicted octanol–water partition coefficient (Wildman–Crippen LogP) is 1.73. The van der Waals surface area contributed by atoms with Crippen molar-refractivity contribution in [3.63, 3.8) is 0 Å². The number of hydrogen-bond donors (Lipinski definition) is 2. The van der Waals surface area contributed by atoms with Gasteiger partial charge in [-0.25, -0.2) is 4.52 Å². The fraction of sp³-hybridized carbons (Fsp3) is 0.467. The predicted molar refractivity (Wildman–Crippen MR) is 79.4 cm³/mol. The standard InChI is InChI=1S/C15H22N4O/c1-3-12(2)18-15(20)7-8-16-10-13-11-17-19-9-5-4-6-14(13)19/h4-6,9,11-12,16H,3,7-8,10H2,1-2H3,(H,18,20). The van der Waals surface area contributed by atoms with Crippen LogP contribution >= 0.6 is 0 Å². The summed E-state index contributed by atoms with van der Waals surface area (Å²) in [4.78, 5) is 11.6. The molecular weight excluding hydrogens is 252 g/mol. The van der Waals surface area contributed by atoms with Crippen LogP contribution < -0.4 is 10.6 Å². The molecule has 1 atom stereocenters. The van der Waals surface area contributed by atoms with Crippen molar-refractivity contribution in [3.8, 4) is 0 Å². The van der Waals surface area contributed by atoms with Crippen LogP contribution in [0.5, 0.6) is 0 Å². The van der Waals surface area contributed by atoms with Gasteiger partial charge in [0, 0.05) is 37.3 Å². The molecule has 0 spiro atoms. The van der Waals surface area contributed by atoms with Gasteiger partial charge >= 0.3 is 0 Å². The van der Waals surface area contributed by atoms with Crippen LogP contribution in [0.2, 0.25) is 0 Å². The molecule has 0 saturated heterocycles. The van der Waals surface area contributed by atoms with Crippen LogP contribution in [0, 0.1) is 0 Å². The fourth-order valence-electron chi connectivity index (χ4n) is 2.00. The number of rotatable bonds is 7. The summed E-state index contributed by atoms with van der Waals surface area (Å²) in [6.07, 6.45) is 5.26. The quantitative estimate of drug-likeness (QED) is 0.756. The number of nitrogens with one attached hydrogen (secondary N) is 2. The van der Waals surface area contributed by atoms with Crippen LogP contribution in [0.15, 0.2) is 30.6 Å². The van der Waals surface area contributed by atoms with E-state index >= 15 is 0 Å². The molecule has 5 heteroatoms. The molecule has 1 amide bonds. The minimum atomic E-state index is 0.103. The minimum absolute atomic E-state index is 0.103. The lowest BCUT2D eigenvalue weighted by atomic mass is 10.2. The second kappa shape index (κ2) is 7.05. The Hall–Kier alpha value is -1.88. The molecular formula is C15H22N4O. The zero-order valence-corrected chi connectivity index (χ0v) is 12.1. The van der Waals surface area contributed by atoms with E-state index in [1.165, 1.54) is 0 Å². The number of carbonyl (C=O) groups excluding carboxylic acids is 1. The maximum atomic E-state index is 11.6. The first-order valence-corrected chi connectivity index (χ1v) is 7.12. The zero-order chi connectivity index (χ0) is 14.4. The van der Waals surface area contributed by atoms with Crippen molar-refractivity contribution in [2.45, 2.75) is 39.3 Å². The second-order valence-electron chi connectivity index (χ2n) is 5.00. The van der Waals surface area contributed by atoms with Gasteiger partial charge in [-0.15, -0.1) is 0 Å². The smallest absolute Gasteiger partial charge is 0.221 e. The Morgan fingerprint density at radius 1 is 1.45 bits per heavy atom. The monoisotopic (exact) mass is 274 g/mol. The van der Waals surface area contributed by atoms with E-state index in [1.807, 2.05) is 42.0 Å². The van der Waals surface area contributed by atoms with Gasteiger partial charge in [-0.2, -0.15) is 5.10 Å². The molecule has 0 saturated carbocycles. The van der Waals surface area contributed by atoms with Gasteiger partial charge in [0.1, 0.15) is 0 Å². The Kier molecular flexibility index (Phi) is 5.12. The molecule has 2 heterocycles. The SMILES string of the molecule is CCC(C)NC(=O)CCNCc1cnn2ccccc12. The number of nitrogens with zero attached hydrogens (tertiary/aromatic N) is 2. The molecule has 0 aliphatic heterocycles. The molecule has 20 heavy (non-hydrogen) atoms. The summed E-state index contributed by atoms with van der Waals surface area (Å²) in [5.41, 5.74) is 2.25. The molecule has 2 rings (SSSR count). The van der Waals surface area contributed by atoms with Crippen molar-refractivity contribution in [3.05, 3.63) is 36.2 Å². The highest BCUT2D eigenvalue weighted by Crippen LogP contribution is 2.09. The first-order chi connectivity index (χ1) is 9.70. The molecule has 0 aliphatic rings. The highest BCUT2D eigenvalue weighted by atomic mass is 16.1. The van der Waals surface area contributed by atoms with Crippen LogP contribution in [0.1, 0.15) is 32.3 Å². The zero-order valence-electron chi connectivity index (χ0n) is 12.1. The molecule has 2 aromatic rings. The topological polar surface area (TPSA) is 58.4 Å². The maximum absolute atomic E-state index is 11.6. The number of pyridine rings is 1. The van der Waals surface area contributed by atoms with Crippen molar-refractivity contribution in [1.29, 1.82) is 0 Å². The molecule has 0 radical (unpaired) electrons. The third-order valence-corrected chi connectivity index (χ3v) is 3.37. The van der Waals surface area contributed by atoms with Crippen molar-refractivity contribution >= 4 is 11.4 Å². The number of fused-ring (bicyclic) bond motifs is 1. The van der Waals surface area contributed by atoms with E-state index in [4.69, 9.17) is 0 Å². The van der Waals surface area contributed by atoms with Crippen LogP contribution in [0.3, 0.4) is 0 Å². The van der Waals surface area contributed by atoms with Gasteiger partial charge in [0.05, 0.1) is 11.7 Å². The molecule has 2 aromatic heterocycles. The second-order valence-corrected chi connectivity index (χ2v) is 5.00. The van der Waals surface area contributed by atoms with E-state index < -0.39 is 0 Å². The van der Waals surface area contributed by atoms with E-state index in [0.717, 1.165) is 24.0 Å². The molecule has 0 aromatic carbocycles. The highest BCUT2D eigenvalue weighted by Gasteiger charge is 2.06. The molecule has 0 bridgehead atoms. The maximum Gasteiger partial charge on any atom is 0.221 e. The number of carbonyl (C=O) groups is 1. The average molecular weight is 274 g/mol. The largest absolute Gasteiger partial charge is 0.354 e. The Morgan fingerprint density at radius 2 is 2.30 bits per heavy atom.